The number of fused-ring (bicyclic) bond motifs is 2. The van der Waals surface area contributed by atoms with Gasteiger partial charge < -0.3 is 5.32 Å². The first-order chi connectivity index (χ1) is 14.9. The number of aromatic amines is 1. The molecular weight excluding hydrogens is 393 g/mol. The van der Waals surface area contributed by atoms with Gasteiger partial charge in [0, 0.05) is 10.9 Å². The molecule has 0 bridgehead atoms. The van der Waals surface area contributed by atoms with Crippen molar-refractivity contribution in [1.82, 2.24) is 25.3 Å². The highest BCUT2D eigenvalue weighted by Gasteiger charge is 2.36. The van der Waals surface area contributed by atoms with Gasteiger partial charge in [0.2, 0.25) is 5.91 Å². The minimum absolute atomic E-state index is 0.0310. The van der Waals surface area contributed by atoms with E-state index >= 15 is 0 Å². The summed E-state index contributed by atoms with van der Waals surface area (Å²) in [5.74, 6) is -0.366. The summed E-state index contributed by atoms with van der Waals surface area (Å²) in [5, 5.41) is 15.9. The highest BCUT2D eigenvalue weighted by atomic mass is 19.1. The van der Waals surface area contributed by atoms with Gasteiger partial charge >= 0.3 is 0 Å². The lowest BCUT2D eigenvalue weighted by Crippen LogP contribution is -2.37. The second kappa shape index (κ2) is 7.34. The number of benzene rings is 2. The van der Waals surface area contributed by atoms with E-state index in [0.717, 1.165) is 40.7 Å². The van der Waals surface area contributed by atoms with E-state index in [1.54, 1.807) is 16.9 Å². The average molecular weight is 417 g/mol. The Hall–Kier alpha value is -3.48. The summed E-state index contributed by atoms with van der Waals surface area (Å²) in [6.07, 6.45) is 3.64. The number of H-pyrrole nitrogens is 1. The number of carbonyl (C=O) groups excluding carboxylic acids is 1. The van der Waals surface area contributed by atoms with E-state index in [1.165, 1.54) is 12.1 Å². The molecule has 1 aliphatic rings. The van der Waals surface area contributed by atoms with Crippen LogP contribution in [0.15, 0.2) is 54.7 Å². The zero-order chi connectivity index (χ0) is 21.6. The van der Waals surface area contributed by atoms with E-state index in [4.69, 9.17) is 0 Å². The van der Waals surface area contributed by atoms with Crippen LogP contribution >= 0.6 is 0 Å². The maximum atomic E-state index is 13.8. The molecule has 2 aromatic heterocycles. The Balaban J connectivity index is 1.42. The maximum Gasteiger partial charge on any atom is 0.226 e. The van der Waals surface area contributed by atoms with Crippen molar-refractivity contribution in [3.63, 3.8) is 0 Å². The summed E-state index contributed by atoms with van der Waals surface area (Å²) in [5.41, 5.74) is 4.32. The van der Waals surface area contributed by atoms with Crippen molar-refractivity contribution in [1.29, 1.82) is 0 Å². The van der Waals surface area contributed by atoms with Crippen molar-refractivity contribution in [3.05, 3.63) is 77.5 Å². The van der Waals surface area contributed by atoms with E-state index in [1.807, 2.05) is 30.3 Å². The SMILES string of the molecule is CC1(C)Cc2c(cnn2-c2cccc(F)c2)C(NC(=O)Cc2[nH]nc3ccccc23)C1. The minimum Gasteiger partial charge on any atom is -0.349 e. The van der Waals surface area contributed by atoms with E-state index in [-0.39, 0.29) is 29.6 Å². The van der Waals surface area contributed by atoms with Crippen LogP contribution in [0.25, 0.3) is 16.6 Å². The molecule has 7 heteroatoms. The van der Waals surface area contributed by atoms with Crippen LogP contribution in [-0.2, 0) is 17.6 Å². The van der Waals surface area contributed by atoms with Crippen molar-refractivity contribution < 1.29 is 9.18 Å². The molecular formula is C24H24FN5O. The summed E-state index contributed by atoms with van der Waals surface area (Å²) >= 11 is 0. The zero-order valence-corrected chi connectivity index (χ0v) is 17.5. The molecule has 1 amide bonds. The third-order valence-corrected chi connectivity index (χ3v) is 5.95. The Labute approximate surface area is 179 Å². The Morgan fingerprint density at radius 3 is 2.94 bits per heavy atom. The van der Waals surface area contributed by atoms with Gasteiger partial charge in [0.1, 0.15) is 5.82 Å². The summed E-state index contributed by atoms with van der Waals surface area (Å²) in [4.78, 5) is 12.9. The lowest BCUT2D eigenvalue weighted by atomic mass is 9.74. The lowest BCUT2D eigenvalue weighted by Gasteiger charge is -2.36. The zero-order valence-electron chi connectivity index (χ0n) is 17.5. The molecule has 0 fully saturated rings. The lowest BCUT2D eigenvalue weighted by molar-refractivity contribution is -0.121. The quantitative estimate of drug-likeness (QED) is 0.521. The van der Waals surface area contributed by atoms with E-state index < -0.39 is 0 Å². The third kappa shape index (κ3) is 3.71. The average Bonchev–Trinajstić information content (AvgIpc) is 3.32. The van der Waals surface area contributed by atoms with Crippen LogP contribution in [-0.4, -0.2) is 25.9 Å². The normalized spacial score (nSPS) is 17.5. The second-order valence-corrected chi connectivity index (χ2v) is 9.00. The number of hydrogen-bond acceptors (Lipinski definition) is 3. The van der Waals surface area contributed by atoms with E-state index in [2.05, 4.69) is 34.5 Å². The summed E-state index contributed by atoms with van der Waals surface area (Å²) in [6.45, 7) is 4.36. The third-order valence-electron chi connectivity index (χ3n) is 5.95. The predicted molar refractivity (Wildman–Crippen MR) is 116 cm³/mol. The first-order valence-corrected chi connectivity index (χ1v) is 10.4. The van der Waals surface area contributed by atoms with Crippen molar-refractivity contribution >= 4 is 16.8 Å². The molecule has 31 heavy (non-hydrogen) atoms. The first-order valence-electron chi connectivity index (χ1n) is 10.4. The van der Waals surface area contributed by atoms with E-state index in [0.29, 0.717) is 5.69 Å². The number of amides is 1. The Morgan fingerprint density at radius 1 is 1.26 bits per heavy atom. The number of halogens is 1. The molecule has 158 valence electrons. The number of rotatable bonds is 4. The highest BCUT2D eigenvalue weighted by Crippen LogP contribution is 2.41. The first kappa shape index (κ1) is 19.5. The van der Waals surface area contributed by atoms with Gasteiger partial charge in [-0.3, -0.25) is 9.89 Å². The molecule has 2 aromatic carbocycles. The smallest absolute Gasteiger partial charge is 0.226 e. The fourth-order valence-corrected chi connectivity index (χ4v) is 4.56. The van der Waals surface area contributed by atoms with Gasteiger partial charge in [-0.05, 0) is 42.5 Å². The number of carbonyl (C=O) groups is 1. The predicted octanol–water partition coefficient (Wildman–Crippen LogP) is 4.26. The number of nitrogens with one attached hydrogen (secondary N) is 2. The molecule has 0 aliphatic heterocycles. The van der Waals surface area contributed by atoms with Gasteiger partial charge in [-0.2, -0.15) is 10.2 Å². The van der Waals surface area contributed by atoms with Crippen LogP contribution in [0, 0.1) is 11.2 Å². The van der Waals surface area contributed by atoms with Crippen LogP contribution < -0.4 is 5.32 Å². The molecule has 2 N–H and O–H groups in total. The number of para-hydroxylation sites is 1. The van der Waals surface area contributed by atoms with Crippen LogP contribution in [0.4, 0.5) is 4.39 Å². The summed E-state index contributed by atoms with van der Waals surface area (Å²) < 4.78 is 15.6. The molecule has 0 radical (unpaired) electrons. The van der Waals surface area contributed by atoms with Crippen LogP contribution in [0.1, 0.15) is 43.3 Å². The van der Waals surface area contributed by atoms with Gasteiger partial charge in [0.15, 0.2) is 0 Å². The van der Waals surface area contributed by atoms with Crippen molar-refractivity contribution in [3.8, 4) is 5.69 Å². The van der Waals surface area contributed by atoms with Gasteiger partial charge in [0.05, 0.1) is 41.3 Å². The van der Waals surface area contributed by atoms with Crippen molar-refractivity contribution in [2.24, 2.45) is 5.41 Å². The number of hydrogen-bond donors (Lipinski definition) is 2. The van der Waals surface area contributed by atoms with Crippen LogP contribution in [0.3, 0.4) is 0 Å². The highest BCUT2D eigenvalue weighted by molar-refractivity contribution is 5.87. The van der Waals surface area contributed by atoms with Crippen LogP contribution in [0.5, 0.6) is 0 Å². The van der Waals surface area contributed by atoms with Crippen molar-refractivity contribution in [2.45, 2.75) is 39.2 Å². The van der Waals surface area contributed by atoms with Gasteiger partial charge in [-0.15, -0.1) is 0 Å². The number of aromatic nitrogens is 4. The second-order valence-electron chi connectivity index (χ2n) is 9.00. The Kier molecular flexibility index (Phi) is 4.61. The van der Waals surface area contributed by atoms with Gasteiger partial charge in [-0.1, -0.05) is 38.1 Å². The summed E-state index contributed by atoms with van der Waals surface area (Å²) in [7, 11) is 0. The standard InChI is InChI=1S/C24H24FN5O/c1-24(2)12-21(27-23(31)11-20-17-8-3-4-9-19(17)28-29-20)18-14-26-30(22(18)13-24)16-7-5-6-15(25)10-16/h3-10,14,21H,11-13H2,1-2H3,(H,27,31)(H,28,29). The molecule has 0 saturated heterocycles. The van der Waals surface area contributed by atoms with E-state index in [9.17, 15) is 9.18 Å². The molecule has 2 heterocycles. The van der Waals surface area contributed by atoms with Crippen molar-refractivity contribution in [2.75, 3.05) is 0 Å². The topological polar surface area (TPSA) is 75.6 Å². The molecule has 1 atom stereocenters. The summed E-state index contributed by atoms with van der Waals surface area (Å²) in [6, 6.07) is 14.0. The maximum absolute atomic E-state index is 13.8. The Bertz CT molecular complexity index is 1270. The molecule has 0 saturated carbocycles. The fraction of sp³-hybridized carbons (Fsp3) is 0.292. The molecule has 0 spiro atoms. The molecule has 4 aromatic rings. The number of nitrogens with zero attached hydrogens (tertiary/aromatic N) is 3. The molecule has 5 rings (SSSR count). The van der Waals surface area contributed by atoms with Crippen LogP contribution in [0.2, 0.25) is 0 Å². The minimum atomic E-state index is -0.298. The monoisotopic (exact) mass is 417 g/mol. The largest absolute Gasteiger partial charge is 0.349 e. The van der Waals surface area contributed by atoms with Gasteiger partial charge in [0.25, 0.3) is 0 Å². The fourth-order valence-electron chi connectivity index (χ4n) is 4.56. The Morgan fingerprint density at radius 2 is 2.10 bits per heavy atom. The molecule has 1 unspecified atom stereocenters. The van der Waals surface area contributed by atoms with Gasteiger partial charge in [-0.25, -0.2) is 9.07 Å². The molecule has 1 aliphatic carbocycles. The molecule has 6 nitrogen and oxygen atoms in total.